The van der Waals surface area contributed by atoms with E-state index in [0.29, 0.717) is 30.3 Å². The Morgan fingerprint density at radius 1 is 1.18 bits per heavy atom. The van der Waals surface area contributed by atoms with E-state index >= 15 is 4.39 Å². The number of carbonyl (C=O) groups excluding carboxylic acids is 1. The second-order valence-corrected chi connectivity index (χ2v) is 13.5. The molecule has 3 fully saturated rings. The van der Waals surface area contributed by atoms with Gasteiger partial charge in [-0.15, -0.1) is 11.3 Å². The van der Waals surface area contributed by atoms with E-state index in [1.54, 1.807) is 25.1 Å². The van der Waals surface area contributed by atoms with Crippen LogP contribution in [0.15, 0.2) is 18.2 Å². The van der Waals surface area contributed by atoms with Gasteiger partial charge in [0.15, 0.2) is 5.82 Å². The van der Waals surface area contributed by atoms with Crippen LogP contribution >= 0.6 is 11.3 Å². The predicted octanol–water partition coefficient (Wildman–Crippen LogP) is 6.52. The maximum absolute atomic E-state index is 16.4. The standard InChI is InChI=1S/C26H21F5N6O2S.C7H12FN/c1-36-10-11(4-7-17(36)38)37(2)24-13-8-15(26(29,30)31)19(20(28)21(13)34-25(35-24)39-3)12-5-6-16(27)22-18(12)14(9-32)23(33)40-22;8-6-4-7-2-1-3-9(7)5-6/h5-6,8,11H,4,7,10,33H2,1-3H3;6-7H,1-5H2. The highest BCUT2D eigenvalue weighted by Gasteiger charge is 2.39. The molecule has 5 heterocycles. The number of halogens is 6. The number of piperidine rings is 1. The molecule has 2 aromatic carbocycles. The minimum absolute atomic E-state index is 0.0210. The van der Waals surface area contributed by atoms with Crippen LogP contribution in [0.4, 0.5) is 37.2 Å². The van der Waals surface area contributed by atoms with E-state index in [1.165, 1.54) is 24.9 Å². The third-order valence-electron chi connectivity index (χ3n) is 9.52. The van der Waals surface area contributed by atoms with Crippen LogP contribution in [0.25, 0.3) is 32.1 Å². The van der Waals surface area contributed by atoms with E-state index in [4.69, 9.17) is 10.5 Å². The number of anilines is 2. The van der Waals surface area contributed by atoms with Gasteiger partial charge in [-0.1, -0.05) is 6.07 Å². The predicted molar refractivity (Wildman–Crippen MR) is 174 cm³/mol. The molecule has 7 rings (SSSR count). The van der Waals surface area contributed by atoms with Crippen LogP contribution in [0.2, 0.25) is 0 Å². The minimum Gasteiger partial charge on any atom is -0.467 e. The number of rotatable bonds is 4. The number of hydrogen-bond acceptors (Lipinski definition) is 9. The Morgan fingerprint density at radius 2 is 1.94 bits per heavy atom. The van der Waals surface area contributed by atoms with Gasteiger partial charge in [-0.2, -0.15) is 28.4 Å². The lowest BCUT2D eigenvalue weighted by Gasteiger charge is -2.36. The maximum Gasteiger partial charge on any atom is 0.417 e. The van der Waals surface area contributed by atoms with E-state index in [0.717, 1.165) is 31.2 Å². The van der Waals surface area contributed by atoms with Crippen molar-refractivity contribution in [1.82, 2.24) is 19.8 Å². The Kier molecular flexibility index (Phi) is 9.27. The zero-order chi connectivity index (χ0) is 35.4. The van der Waals surface area contributed by atoms with Gasteiger partial charge >= 0.3 is 12.2 Å². The van der Waals surface area contributed by atoms with Crippen LogP contribution in [0.3, 0.4) is 0 Å². The first-order valence-corrected chi connectivity index (χ1v) is 16.5. The number of likely N-dealkylation sites (N-methyl/N-ethyl adjacent to an activating group) is 2. The van der Waals surface area contributed by atoms with E-state index in [9.17, 15) is 32.0 Å². The average molecular weight is 706 g/mol. The second-order valence-electron chi connectivity index (χ2n) is 12.5. The van der Waals surface area contributed by atoms with Gasteiger partial charge in [-0.3, -0.25) is 9.69 Å². The summed E-state index contributed by atoms with van der Waals surface area (Å²) in [5.41, 5.74) is 2.52. The molecular weight excluding hydrogens is 672 g/mol. The topological polar surface area (TPSA) is 112 Å². The lowest BCUT2D eigenvalue weighted by molar-refractivity contribution is -0.137. The third kappa shape index (κ3) is 6.29. The lowest BCUT2D eigenvalue weighted by atomic mass is 9.92. The van der Waals surface area contributed by atoms with Gasteiger partial charge in [-0.05, 0) is 49.9 Å². The summed E-state index contributed by atoms with van der Waals surface area (Å²) in [6.45, 7) is 2.13. The summed E-state index contributed by atoms with van der Waals surface area (Å²) >= 11 is 0.687. The molecular formula is C33H33F6N7O2S. The quantitative estimate of drug-likeness (QED) is 0.239. The number of aromatic nitrogens is 2. The van der Waals surface area contributed by atoms with Crippen molar-refractivity contribution in [1.29, 1.82) is 5.26 Å². The van der Waals surface area contributed by atoms with Gasteiger partial charge in [-0.25, -0.2) is 13.2 Å². The molecule has 16 heteroatoms. The van der Waals surface area contributed by atoms with Crippen molar-refractivity contribution in [2.75, 3.05) is 51.5 Å². The van der Waals surface area contributed by atoms with E-state index in [-0.39, 0.29) is 68.3 Å². The summed E-state index contributed by atoms with van der Waals surface area (Å²) in [4.78, 5) is 25.6. The van der Waals surface area contributed by atoms with Gasteiger partial charge in [0.05, 0.1) is 22.9 Å². The molecule has 49 heavy (non-hydrogen) atoms. The Bertz CT molecular complexity index is 1970. The molecule has 4 aromatic rings. The monoisotopic (exact) mass is 705 g/mol. The molecule has 260 valence electrons. The molecule has 0 spiro atoms. The number of nitrogens with two attached hydrogens (primary N) is 1. The first-order valence-electron chi connectivity index (χ1n) is 15.6. The Balaban J connectivity index is 0.000000396. The number of fused-ring (bicyclic) bond motifs is 3. The minimum atomic E-state index is -5.06. The largest absolute Gasteiger partial charge is 0.467 e. The third-order valence-corrected chi connectivity index (χ3v) is 10.5. The van der Waals surface area contributed by atoms with E-state index in [1.807, 2.05) is 0 Å². The molecule has 2 N–H and O–H groups in total. The highest BCUT2D eigenvalue weighted by molar-refractivity contribution is 7.23. The summed E-state index contributed by atoms with van der Waals surface area (Å²) in [6.07, 6.45) is -1.62. The number of ether oxygens (including phenoxy) is 1. The number of thiophene rings is 1. The SMILES string of the molecule is COc1nc(N(C)C2CCC(=O)N(C)C2)c2cc(C(F)(F)F)c(-c3ccc(F)c4sc(N)c(C#N)c34)c(F)c2n1.FC1CC2CCCN2C1. The summed E-state index contributed by atoms with van der Waals surface area (Å²) < 4.78 is 92.4. The number of hydrogen-bond donors (Lipinski definition) is 1. The van der Waals surface area contributed by atoms with Crippen molar-refractivity contribution >= 4 is 49.1 Å². The number of nitrogen functional groups attached to an aromatic ring is 1. The first kappa shape index (κ1) is 34.5. The molecule has 3 atom stereocenters. The lowest BCUT2D eigenvalue weighted by Crippen LogP contribution is -2.47. The smallest absolute Gasteiger partial charge is 0.417 e. The van der Waals surface area contributed by atoms with Crippen molar-refractivity contribution in [2.45, 2.75) is 56.5 Å². The average Bonchev–Trinajstić information content (AvgIpc) is 3.75. The fourth-order valence-electron chi connectivity index (χ4n) is 7.05. The van der Waals surface area contributed by atoms with Gasteiger partial charge in [0.25, 0.3) is 0 Å². The summed E-state index contributed by atoms with van der Waals surface area (Å²) in [7, 11) is 4.44. The molecule has 9 nitrogen and oxygen atoms in total. The first-order chi connectivity index (χ1) is 23.2. The molecule has 1 amide bonds. The fourth-order valence-corrected chi connectivity index (χ4v) is 8.00. The zero-order valence-electron chi connectivity index (χ0n) is 26.9. The van der Waals surface area contributed by atoms with Crippen LogP contribution in [0.5, 0.6) is 6.01 Å². The molecule has 0 radical (unpaired) electrons. The highest BCUT2D eigenvalue weighted by atomic mass is 32.1. The summed E-state index contributed by atoms with van der Waals surface area (Å²) in [6, 6.07) is 4.42. The molecule has 0 saturated carbocycles. The normalized spacial score (nSPS) is 21.1. The van der Waals surface area contributed by atoms with Gasteiger partial charge in [0, 0.05) is 62.0 Å². The molecule has 2 aromatic heterocycles. The number of carbonyl (C=O) groups is 1. The number of amides is 1. The Labute approximate surface area is 281 Å². The van der Waals surface area contributed by atoms with E-state index in [2.05, 4.69) is 14.9 Å². The number of nitriles is 1. The Hall–Kier alpha value is -4.36. The van der Waals surface area contributed by atoms with Crippen LogP contribution < -0.4 is 15.4 Å². The summed E-state index contributed by atoms with van der Waals surface area (Å²) in [5, 5.41) is 9.07. The molecule has 3 saturated heterocycles. The molecule has 0 bridgehead atoms. The van der Waals surface area contributed by atoms with E-state index < -0.39 is 40.6 Å². The molecule has 0 aliphatic carbocycles. The second kappa shape index (κ2) is 13.2. The number of likely N-dealkylation sites (tertiary alicyclic amines) is 1. The van der Waals surface area contributed by atoms with Gasteiger partial charge in [0.2, 0.25) is 5.91 Å². The number of alkyl halides is 4. The Morgan fingerprint density at radius 3 is 2.59 bits per heavy atom. The highest BCUT2D eigenvalue weighted by Crippen LogP contribution is 2.48. The maximum atomic E-state index is 16.4. The molecule has 3 aliphatic rings. The van der Waals surface area contributed by atoms with Gasteiger partial charge < -0.3 is 20.3 Å². The fraction of sp³-hybridized carbons (Fsp3) is 0.455. The van der Waals surface area contributed by atoms with Crippen LogP contribution in [0, 0.1) is 23.0 Å². The van der Waals surface area contributed by atoms with Crippen LogP contribution in [-0.4, -0.2) is 84.8 Å². The van der Waals surface area contributed by atoms with Gasteiger partial charge in [0.1, 0.15) is 34.4 Å². The molecule has 3 aliphatic heterocycles. The number of methoxy groups -OCH3 is 1. The molecule has 3 unspecified atom stereocenters. The number of nitrogens with zero attached hydrogens (tertiary/aromatic N) is 6. The van der Waals surface area contributed by atoms with Crippen molar-refractivity contribution in [3.05, 3.63) is 41.0 Å². The van der Waals surface area contributed by atoms with Crippen LogP contribution in [-0.2, 0) is 11.0 Å². The van der Waals surface area contributed by atoms with Crippen LogP contribution in [0.1, 0.15) is 43.2 Å². The van der Waals surface area contributed by atoms with Crippen molar-refractivity contribution in [2.24, 2.45) is 0 Å². The van der Waals surface area contributed by atoms with Crippen molar-refractivity contribution in [3.63, 3.8) is 0 Å². The summed E-state index contributed by atoms with van der Waals surface area (Å²) in [5.74, 6) is -2.25. The zero-order valence-corrected chi connectivity index (χ0v) is 27.7. The number of benzene rings is 2. The van der Waals surface area contributed by atoms with Crippen molar-refractivity contribution < 1.29 is 35.9 Å². The van der Waals surface area contributed by atoms with Crippen molar-refractivity contribution in [3.8, 4) is 23.2 Å².